The number of carbonyl (C=O) groups excluding carboxylic acids is 1. The molecular weight excluding hydrogens is 484 g/mol. The summed E-state index contributed by atoms with van der Waals surface area (Å²) in [5.74, 6) is 0.506. The molecule has 9 heteroatoms. The number of carbonyl (C=O) groups is 1. The highest BCUT2D eigenvalue weighted by atomic mass is 35.5. The zero-order chi connectivity index (χ0) is 24.8. The SMILES string of the molecule is CCc1c(Cl)cccc1NC(=S)C1=C(NCc2ccncc2OC[C@@H]2CCCO2)C[C@@H](C)NC1=O. The molecule has 1 aromatic heterocycles. The number of hydrogen-bond acceptors (Lipinski definition) is 6. The second kappa shape index (κ2) is 11.8. The maximum absolute atomic E-state index is 13.0. The molecular formula is C26H31ClN4O3S. The standard InChI is InChI=1S/C26H31ClN4O3S/c1-3-19-20(27)7-4-8-21(19)31-26(35)24-22(12-16(2)30-25(24)32)29-13-17-9-10-28-14-23(17)34-15-18-6-5-11-33-18/h4,7-10,14,16,18,29H,3,5-6,11-13,15H2,1-2H3,(H,30,32)(H,31,35)/t16-,18+/m1/s1. The lowest BCUT2D eigenvalue weighted by Gasteiger charge is -2.27. The first-order valence-corrected chi connectivity index (χ1v) is 12.8. The Hall–Kier alpha value is -2.68. The molecule has 35 heavy (non-hydrogen) atoms. The predicted molar refractivity (Wildman–Crippen MR) is 142 cm³/mol. The van der Waals surface area contributed by atoms with E-state index in [1.165, 1.54) is 0 Å². The highest BCUT2D eigenvalue weighted by molar-refractivity contribution is 7.81. The molecule has 0 radical (unpaired) electrons. The van der Waals surface area contributed by atoms with Crippen molar-refractivity contribution in [3.05, 3.63) is 64.1 Å². The van der Waals surface area contributed by atoms with Gasteiger partial charge in [0, 0.05) is 53.8 Å². The Labute approximate surface area is 216 Å². The lowest BCUT2D eigenvalue weighted by atomic mass is 10.0. The van der Waals surface area contributed by atoms with Gasteiger partial charge in [0.2, 0.25) is 0 Å². The molecule has 2 aliphatic rings. The lowest BCUT2D eigenvalue weighted by molar-refractivity contribution is -0.118. The average molecular weight is 515 g/mol. The van der Waals surface area contributed by atoms with E-state index in [-0.39, 0.29) is 18.1 Å². The van der Waals surface area contributed by atoms with Crippen molar-refractivity contribution in [3.63, 3.8) is 0 Å². The number of rotatable bonds is 9. The van der Waals surface area contributed by atoms with Crippen LogP contribution in [0.3, 0.4) is 0 Å². The molecule has 4 rings (SSSR count). The molecule has 0 unspecified atom stereocenters. The fraction of sp³-hybridized carbons (Fsp3) is 0.423. The third-order valence-corrected chi connectivity index (χ3v) is 6.84. The van der Waals surface area contributed by atoms with Gasteiger partial charge in [-0.05, 0) is 49.9 Å². The molecule has 1 fully saturated rings. The number of halogens is 1. The summed E-state index contributed by atoms with van der Waals surface area (Å²) in [6.45, 7) is 5.77. The van der Waals surface area contributed by atoms with Gasteiger partial charge < -0.3 is 25.4 Å². The summed E-state index contributed by atoms with van der Waals surface area (Å²) < 4.78 is 11.7. The van der Waals surface area contributed by atoms with Crippen LogP contribution in [0.2, 0.25) is 5.02 Å². The molecule has 1 aromatic carbocycles. The van der Waals surface area contributed by atoms with Crippen molar-refractivity contribution in [1.82, 2.24) is 15.6 Å². The number of hydrogen-bond donors (Lipinski definition) is 3. The molecule has 2 aromatic rings. The molecule has 186 valence electrons. The number of nitrogens with one attached hydrogen (secondary N) is 3. The van der Waals surface area contributed by atoms with Gasteiger partial charge in [0.05, 0.1) is 17.9 Å². The lowest BCUT2D eigenvalue weighted by Crippen LogP contribution is -2.44. The van der Waals surface area contributed by atoms with Crippen LogP contribution in [0.5, 0.6) is 5.75 Å². The fourth-order valence-electron chi connectivity index (χ4n) is 4.36. The highest BCUT2D eigenvalue weighted by Crippen LogP contribution is 2.27. The van der Waals surface area contributed by atoms with Crippen molar-refractivity contribution in [1.29, 1.82) is 0 Å². The Balaban J connectivity index is 1.52. The Morgan fingerprint density at radius 2 is 2.23 bits per heavy atom. The summed E-state index contributed by atoms with van der Waals surface area (Å²) in [6, 6.07) is 7.54. The fourth-order valence-corrected chi connectivity index (χ4v) is 4.99. The van der Waals surface area contributed by atoms with Gasteiger partial charge in [-0.15, -0.1) is 0 Å². The molecule has 3 N–H and O–H groups in total. The third-order valence-electron chi connectivity index (χ3n) is 6.18. The van der Waals surface area contributed by atoms with E-state index in [9.17, 15) is 4.79 Å². The van der Waals surface area contributed by atoms with E-state index >= 15 is 0 Å². The first-order chi connectivity index (χ1) is 17.0. The van der Waals surface area contributed by atoms with Gasteiger partial charge in [0.25, 0.3) is 5.91 Å². The minimum Gasteiger partial charge on any atom is -0.489 e. The van der Waals surface area contributed by atoms with Crippen LogP contribution in [0.15, 0.2) is 47.9 Å². The molecule has 7 nitrogen and oxygen atoms in total. The van der Waals surface area contributed by atoms with Crippen LogP contribution in [0.25, 0.3) is 0 Å². The first kappa shape index (κ1) is 25.4. The molecule has 1 saturated heterocycles. The molecule has 3 heterocycles. The second-order valence-corrected chi connectivity index (χ2v) is 9.60. The minimum absolute atomic E-state index is 0.0124. The van der Waals surface area contributed by atoms with Crippen molar-refractivity contribution >= 4 is 40.4 Å². The molecule has 2 atom stereocenters. The summed E-state index contributed by atoms with van der Waals surface area (Å²) in [4.78, 5) is 17.6. The normalized spacial score (nSPS) is 19.9. The number of ether oxygens (including phenoxy) is 2. The molecule has 0 bridgehead atoms. The van der Waals surface area contributed by atoms with Crippen LogP contribution < -0.4 is 20.7 Å². The van der Waals surface area contributed by atoms with Crippen molar-refractivity contribution < 1.29 is 14.3 Å². The average Bonchev–Trinajstić information content (AvgIpc) is 3.35. The molecule has 0 saturated carbocycles. The highest BCUT2D eigenvalue weighted by Gasteiger charge is 2.28. The van der Waals surface area contributed by atoms with Gasteiger partial charge >= 0.3 is 0 Å². The third kappa shape index (κ3) is 6.31. The summed E-state index contributed by atoms with van der Waals surface area (Å²) >= 11 is 12.1. The number of nitrogens with zero attached hydrogens (tertiary/aromatic N) is 1. The van der Waals surface area contributed by atoms with Crippen molar-refractivity contribution in [3.8, 4) is 5.75 Å². The number of benzene rings is 1. The van der Waals surface area contributed by atoms with Gasteiger partial charge in [-0.25, -0.2) is 0 Å². The smallest absolute Gasteiger partial charge is 0.256 e. The number of pyridine rings is 1. The number of thiocarbonyl (C=S) groups is 1. The Bertz CT molecular complexity index is 1120. The second-order valence-electron chi connectivity index (χ2n) is 8.79. The van der Waals surface area contributed by atoms with E-state index in [4.69, 9.17) is 33.3 Å². The van der Waals surface area contributed by atoms with Crippen molar-refractivity contribution in [2.45, 2.75) is 58.2 Å². The van der Waals surface area contributed by atoms with E-state index < -0.39 is 0 Å². The van der Waals surface area contributed by atoms with Crippen LogP contribution in [0, 0.1) is 0 Å². The van der Waals surface area contributed by atoms with Gasteiger partial charge in [-0.3, -0.25) is 9.78 Å². The zero-order valence-corrected chi connectivity index (χ0v) is 21.6. The van der Waals surface area contributed by atoms with Crippen molar-refractivity contribution in [2.75, 3.05) is 18.5 Å². The summed E-state index contributed by atoms with van der Waals surface area (Å²) in [5.41, 5.74) is 3.95. The van der Waals surface area contributed by atoms with E-state index in [2.05, 4.69) is 20.9 Å². The van der Waals surface area contributed by atoms with Crippen molar-refractivity contribution in [2.24, 2.45) is 0 Å². The number of anilines is 1. The topological polar surface area (TPSA) is 84.5 Å². The van der Waals surface area contributed by atoms with Crippen LogP contribution in [0.1, 0.15) is 44.2 Å². The van der Waals surface area contributed by atoms with E-state index in [0.717, 1.165) is 48.4 Å². The van der Waals surface area contributed by atoms with E-state index in [1.807, 2.05) is 38.1 Å². The molecule has 2 aliphatic heterocycles. The first-order valence-electron chi connectivity index (χ1n) is 12.0. The maximum Gasteiger partial charge on any atom is 0.256 e. The summed E-state index contributed by atoms with van der Waals surface area (Å²) in [7, 11) is 0. The predicted octanol–water partition coefficient (Wildman–Crippen LogP) is 4.55. The molecule has 0 spiro atoms. The Morgan fingerprint density at radius 3 is 3.00 bits per heavy atom. The summed E-state index contributed by atoms with van der Waals surface area (Å²) in [6.07, 6.45) is 7.03. The number of amides is 1. The van der Waals surface area contributed by atoms with Gasteiger partial charge in [0.1, 0.15) is 17.3 Å². The van der Waals surface area contributed by atoms with Crippen LogP contribution in [-0.4, -0.2) is 41.2 Å². The summed E-state index contributed by atoms with van der Waals surface area (Å²) in [5, 5.41) is 10.4. The zero-order valence-electron chi connectivity index (χ0n) is 20.0. The largest absolute Gasteiger partial charge is 0.489 e. The number of aromatic nitrogens is 1. The van der Waals surface area contributed by atoms with Crippen LogP contribution in [-0.2, 0) is 22.5 Å². The van der Waals surface area contributed by atoms with Gasteiger partial charge in [0.15, 0.2) is 0 Å². The van der Waals surface area contributed by atoms with Crippen LogP contribution >= 0.6 is 23.8 Å². The van der Waals surface area contributed by atoms with E-state index in [1.54, 1.807) is 12.4 Å². The quantitative estimate of drug-likeness (QED) is 0.423. The minimum atomic E-state index is -0.201. The monoisotopic (exact) mass is 514 g/mol. The van der Waals surface area contributed by atoms with Crippen LogP contribution in [0.4, 0.5) is 5.69 Å². The maximum atomic E-state index is 13.0. The van der Waals surface area contributed by atoms with Gasteiger partial charge in [-0.1, -0.05) is 36.8 Å². The van der Waals surface area contributed by atoms with E-state index in [0.29, 0.717) is 40.9 Å². The Morgan fingerprint density at radius 1 is 1.37 bits per heavy atom. The molecule has 0 aliphatic carbocycles. The molecule has 1 amide bonds. The van der Waals surface area contributed by atoms with Gasteiger partial charge in [-0.2, -0.15) is 0 Å². The Kier molecular flexibility index (Phi) is 8.59.